The molecule has 0 aliphatic rings. The molecule has 1 aromatic heterocycles. The van der Waals surface area contributed by atoms with Gasteiger partial charge in [0, 0.05) is 23.9 Å². The van der Waals surface area contributed by atoms with Crippen LogP contribution in [0.4, 0.5) is 0 Å². The molecule has 0 fully saturated rings. The van der Waals surface area contributed by atoms with Gasteiger partial charge in [0.05, 0.1) is 0 Å². The lowest BCUT2D eigenvalue weighted by molar-refractivity contribution is -0.137. The van der Waals surface area contributed by atoms with Crippen LogP contribution in [-0.2, 0) is 14.8 Å². The minimum atomic E-state index is -3.80. The third-order valence-electron chi connectivity index (χ3n) is 1.75. The molecule has 16 heavy (non-hydrogen) atoms. The quantitative estimate of drug-likeness (QED) is 0.877. The van der Waals surface area contributed by atoms with Gasteiger partial charge in [0.15, 0.2) is 0 Å². The van der Waals surface area contributed by atoms with Crippen molar-refractivity contribution >= 4 is 31.9 Å². The Morgan fingerprint density at radius 2 is 2.19 bits per heavy atom. The first kappa shape index (κ1) is 13.1. The SMILES string of the molecule is CN(CC(=O)O)S(=O)(=O)c1cncc(Br)c1. The van der Waals surface area contributed by atoms with Crippen LogP contribution in [0.15, 0.2) is 27.8 Å². The molecule has 1 rings (SSSR count). The smallest absolute Gasteiger partial charge is 0.318 e. The number of sulfonamides is 1. The van der Waals surface area contributed by atoms with Gasteiger partial charge in [0.25, 0.3) is 0 Å². The fourth-order valence-corrected chi connectivity index (χ4v) is 2.62. The second-order valence-corrected chi connectivity index (χ2v) is 5.95. The van der Waals surface area contributed by atoms with Crippen LogP contribution in [0.2, 0.25) is 0 Å². The lowest BCUT2D eigenvalue weighted by Gasteiger charge is -2.14. The first-order chi connectivity index (χ1) is 7.34. The maximum absolute atomic E-state index is 11.8. The average Bonchev–Trinajstić information content (AvgIpc) is 2.16. The van der Waals surface area contributed by atoms with Crippen LogP contribution >= 0.6 is 15.9 Å². The fraction of sp³-hybridized carbons (Fsp3) is 0.250. The average molecular weight is 309 g/mol. The highest BCUT2D eigenvalue weighted by Crippen LogP contribution is 2.17. The van der Waals surface area contributed by atoms with E-state index in [0.29, 0.717) is 4.47 Å². The van der Waals surface area contributed by atoms with Gasteiger partial charge < -0.3 is 5.11 Å². The minimum absolute atomic E-state index is 0.0503. The molecule has 0 aliphatic carbocycles. The van der Waals surface area contributed by atoms with Crippen LogP contribution in [0.3, 0.4) is 0 Å². The first-order valence-electron chi connectivity index (χ1n) is 4.12. The van der Waals surface area contributed by atoms with Crippen molar-refractivity contribution in [2.24, 2.45) is 0 Å². The van der Waals surface area contributed by atoms with Crippen LogP contribution in [0.5, 0.6) is 0 Å². The molecule has 0 bridgehead atoms. The Kier molecular flexibility index (Phi) is 4.00. The van der Waals surface area contributed by atoms with Gasteiger partial charge in [-0.3, -0.25) is 9.78 Å². The highest BCUT2D eigenvalue weighted by molar-refractivity contribution is 9.10. The molecule has 0 radical (unpaired) electrons. The number of nitrogens with zero attached hydrogens (tertiary/aromatic N) is 2. The zero-order chi connectivity index (χ0) is 12.3. The number of rotatable bonds is 4. The van der Waals surface area contributed by atoms with Crippen molar-refractivity contribution in [2.75, 3.05) is 13.6 Å². The summed E-state index contributed by atoms with van der Waals surface area (Å²) in [6.07, 6.45) is 2.61. The number of likely N-dealkylation sites (N-methyl/N-ethyl adjacent to an activating group) is 1. The number of hydrogen-bond acceptors (Lipinski definition) is 4. The van der Waals surface area contributed by atoms with E-state index in [0.717, 1.165) is 4.31 Å². The largest absolute Gasteiger partial charge is 0.480 e. The van der Waals surface area contributed by atoms with E-state index >= 15 is 0 Å². The predicted molar refractivity (Wildman–Crippen MR) is 59.4 cm³/mol. The Morgan fingerprint density at radius 3 is 2.69 bits per heavy atom. The molecule has 0 saturated heterocycles. The topological polar surface area (TPSA) is 87.6 Å². The van der Waals surface area contributed by atoms with E-state index in [2.05, 4.69) is 20.9 Å². The molecule has 0 atom stereocenters. The monoisotopic (exact) mass is 308 g/mol. The van der Waals surface area contributed by atoms with Crippen LogP contribution < -0.4 is 0 Å². The summed E-state index contributed by atoms with van der Waals surface area (Å²) in [7, 11) is -2.60. The highest BCUT2D eigenvalue weighted by atomic mass is 79.9. The molecule has 1 aromatic rings. The molecule has 0 spiro atoms. The van der Waals surface area contributed by atoms with Crippen molar-refractivity contribution in [3.05, 3.63) is 22.9 Å². The van der Waals surface area contributed by atoms with Crippen molar-refractivity contribution in [1.82, 2.24) is 9.29 Å². The first-order valence-corrected chi connectivity index (χ1v) is 6.36. The highest BCUT2D eigenvalue weighted by Gasteiger charge is 2.23. The maximum Gasteiger partial charge on any atom is 0.318 e. The molecular formula is C8H9BrN2O4S. The van der Waals surface area contributed by atoms with Crippen LogP contribution in [0, 0.1) is 0 Å². The number of carboxylic acids is 1. The molecule has 1 N–H and O–H groups in total. The Balaban J connectivity index is 3.07. The van der Waals surface area contributed by atoms with Gasteiger partial charge >= 0.3 is 5.97 Å². The molecule has 0 saturated carbocycles. The summed E-state index contributed by atoms with van der Waals surface area (Å²) >= 11 is 3.09. The van der Waals surface area contributed by atoms with Crippen LogP contribution in [0.25, 0.3) is 0 Å². The Hall–Kier alpha value is -0.990. The third-order valence-corrected chi connectivity index (χ3v) is 3.95. The van der Waals surface area contributed by atoms with Gasteiger partial charge in [-0.05, 0) is 22.0 Å². The molecule has 0 aliphatic heterocycles. The maximum atomic E-state index is 11.8. The summed E-state index contributed by atoms with van der Waals surface area (Å²) in [5, 5.41) is 8.52. The van der Waals surface area contributed by atoms with Gasteiger partial charge in [-0.25, -0.2) is 8.42 Å². The van der Waals surface area contributed by atoms with Gasteiger partial charge in [-0.2, -0.15) is 4.31 Å². The van der Waals surface area contributed by atoms with E-state index in [4.69, 9.17) is 5.11 Å². The third kappa shape index (κ3) is 3.00. The number of carboxylic acid groups (broad SMARTS) is 1. The number of pyridine rings is 1. The summed E-state index contributed by atoms with van der Waals surface area (Å²) in [4.78, 5) is 14.1. The second kappa shape index (κ2) is 4.89. The number of halogens is 1. The van der Waals surface area contributed by atoms with E-state index in [-0.39, 0.29) is 4.90 Å². The van der Waals surface area contributed by atoms with Crippen molar-refractivity contribution < 1.29 is 18.3 Å². The zero-order valence-electron chi connectivity index (χ0n) is 8.29. The molecule has 0 amide bonds. The van der Waals surface area contributed by atoms with Gasteiger partial charge in [0.1, 0.15) is 11.4 Å². The van der Waals surface area contributed by atoms with E-state index in [9.17, 15) is 13.2 Å². The molecule has 1 heterocycles. The predicted octanol–water partition coefficient (Wildman–Crippen LogP) is 0.549. The standard InChI is InChI=1S/C8H9BrN2O4S/c1-11(5-8(12)13)16(14,15)7-2-6(9)3-10-4-7/h2-4H,5H2,1H3,(H,12,13). The Labute approximate surface area is 101 Å². The Bertz CT molecular complexity index is 503. The molecule has 0 aromatic carbocycles. The minimum Gasteiger partial charge on any atom is -0.480 e. The molecule has 8 heteroatoms. The normalized spacial score (nSPS) is 11.7. The van der Waals surface area contributed by atoms with Crippen LogP contribution in [-0.4, -0.2) is 42.4 Å². The van der Waals surface area contributed by atoms with E-state index in [1.54, 1.807) is 0 Å². The number of aliphatic carboxylic acids is 1. The van der Waals surface area contributed by atoms with Gasteiger partial charge in [0.2, 0.25) is 10.0 Å². The summed E-state index contributed by atoms with van der Waals surface area (Å²) in [6.45, 7) is -0.588. The number of hydrogen-bond donors (Lipinski definition) is 1. The van der Waals surface area contributed by atoms with E-state index in [1.165, 1.54) is 25.5 Å². The van der Waals surface area contributed by atoms with E-state index in [1.807, 2.05) is 0 Å². The fourth-order valence-electron chi connectivity index (χ4n) is 0.989. The molecule has 88 valence electrons. The Morgan fingerprint density at radius 1 is 1.56 bits per heavy atom. The van der Waals surface area contributed by atoms with Crippen molar-refractivity contribution in [2.45, 2.75) is 4.90 Å². The van der Waals surface area contributed by atoms with Gasteiger partial charge in [-0.15, -0.1) is 0 Å². The molecule has 0 unspecified atom stereocenters. The lowest BCUT2D eigenvalue weighted by Crippen LogP contribution is -2.32. The summed E-state index contributed by atoms with van der Waals surface area (Å²) in [5.74, 6) is -1.21. The number of carbonyl (C=O) groups is 1. The molecule has 6 nitrogen and oxygen atoms in total. The second-order valence-electron chi connectivity index (χ2n) is 2.99. The van der Waals surface area contributed by atoms with Crippen LogP contribution in [0.1, 0.15) is 0 Å². The molecular weight excluding hydrogens is 300 g/mol. The van der Waals surface area contributed by atoms with Gasteiger partial charge in [-0.1, -0.05) is 0 Å². The van der Waals surface area contributed by atoms with Crippen molar-refractivity contribution in [3.8, 4) is 0 Å². The van der Waals surface area contributed by atoms with Crippen molar-refractivity contribution in [3.63, 3.8) is 0 Å². The zero-order valence-corrected chi connectivity index (χ0v) is 10.7. The lowest BCUT2D eigenvalue weighted by atomic mass is 10.5. The summed E-state index contributed by atoms with van der Waals surface area (Å²) in [6, 6.07) is 1.36. The summed E-state index contributed by atoms with van der Waals surface area (Å²) < 4.78 is 24.9. The van der Waals surface area contributed by atoms with E-state index < -0.39 is 22.5 Å². The van der Waals surface area contributed by atoms with Crippen molar-refractivity contribution in [1.29, 1.82) is 0 Å². The summed E-state index contributed by atoms with van der Waals surface area (Å²) in [5.41, 5.74) is 0. The number of aromatic nitrogens is 1.